The van der Waals surface area contributed by atoms with E-state index in [1.54, 1.807) is 19.4 Å². The van der Waals surface area contributed by atoms with Crippen molar-refractivity contribution in [2.75, 3.05) is 12.4 Å². The predicted octanol–water partition coefficient (Wildman–Crippen LogP) is 3.03. The van der Waals surface area contributed by atoms with Gasteiger partial charge in [-0.15, -0.1) is 0 Å². The summed E-state index contributed by atoms with van der Waals surface area (Å²) in [5, 5.41) is 5.65. The van der Waals surface area contributed by atoms with Crippen molar-refractivity contribution in [3.8, 4) is 5.88 Å². The molecule has 0 aliphatic heterocycles. The summed E-state index contributed by atoms with van der Waals surface area (Å²) in [5.74, 6) is 0.532. The number of anilines is 1. The van der Waals surface area contributed by atoms with Gasteiger partial charge in [0.25, 0.3) is 0 Å². The zero-order chi connectivity index (χ0) is 15.2. The van der Waals surface area contributed by atoms with Gasteiger partial charge in [0.2, 0.25) is 5.88 Å². The Morgan fingerprint density at radius 3 is 2.76 bits per heavy atom. The third-order valence-corrected chi connectivity index (χ3v) is 3.09. The average Bonchev–Trinajstić information content (AvgIpc) is 2.48. The van der Waals surface area contributed by atoms with Crippen LogP contribution in [-0.2, 0) is 6.54 Å². The van der Waals surface area contributed by atoms with Crippen LogP contribution in [0.1, 0.15) is 16.7 Å². The number of benzene rings is 1. The molecule has 110 valence electrons. The molecule has 0 aliphatic carbocycles. The van der Waals surface area contributed by atoms with Crippen LogP contribution in [-0.4, -0.2) is 18.1 Å². The molecule has 21 heavy (non-hydrogen) atoms. The van der Waals surface area contributed by atoms with E-state index < -0.39 is 0 Å². The molecule has 2 rings (SSSR count). The van der Waals surface area contributed by atoms with Gasteiger partial charge < -0.3 is 15.4 Å². The van der Waals surface area contributed by atoms with E-state index in [0.29, 0.717) is 12.4 Å². The minimum absolute atomic E-state index is 0.238. The first-order chi connectivity index (χ1) is 10.1. The summed E-state index contributed by atoms with van der Waals surface area (Å²) < 4.78 is 5.04. The lowest BCUT2D eigenvalue weighted by molar-refractivity contribution is 0.251. The molecule has 2 amide bonds. The molecule has 0 atom stereocenters. The zero-order valence-corrected chi connectivity index (χ0v) is 12.4. The van der Waals surface area contributed by atoms with Crippen LogP contribution in [0.3, 0.4) is 0 Å². The first kappa shape index (κ1) is 14.8. The molecule has 0 saturated carbocycles. The van der Waals surface area contributed by atoms with Gasteiger partial charge in [0.1, 0.15) is 0 Å². The number of urea groups is 1. The molecule has 0 spiro atoms. The summed E-state index contributed by atoms with van der Waals surface area (Å²) in [7, 11) is 1.56. The van der Waals surface area contributed by atoms with Crippen molar-refractivity contribution in [1.29, 1.82) is 0 Å². The number of amides is 2. The molecule has 0 aliphatic rings. The van der Waals surface area contributed by atoms with Crippen molar-refractivity contribution in [3.05, 3.63) is 53.2 Å². The fourth-order valence-corrected chi connectivity index (χ4v) is 1.97. The minimum atomic E-state index is -0.238. The molecule has 2 aromatic rings. The second-order valence-corrected chi connectivity index (χ2v) is 4.83. The Labute approximate surface area is 124 Å². The van der Waals surface area contributed by atoms with Crippen LogP contribution >= 0.6 is 0 Å². The highest BCUT2D eigenvalue weighted by molar-refractivity contribution is 5.90. The van der Waals surface area contributed by atoms with Gasteiger partial charge in [0.15, 0.2) is 0 Å². The van der Waals surface area contributed by atoms with Crippen LogP contribution in [0, 0.1) is 13.8 Å². The highest BCUT2D eigenvalue weighted by atomic mass is 16.5. The lowest BCUT2D eigenvalue weighted by Crippen LogP contribution is -2.28. The highest BCUT2D eigenvalue weighted by Crippen LogP contribution is 2.15. The monoisotopic (exact) mass is 285 g/mol. The van der Waals surface area contributed by atoms with E-state index in [1.807, 2.05) is 38.1 Å². The van der Waals surface area contributed by atoms with Crippen LogP contribution in [0.15, 0.2) is 36.5 Å². The van der Waals surface area contributed by atoms with Gasteiger partial charge in [0.05, 0.1) is 7.11 Å². The maximum atomic E-state index is 11.9. The van der Waals surface area contributed by atoms with Gasteiger partial charge in [0, 0.05) is 24.5 Å². The van der Waals surface area contributed by atoms with Crippen LogP contribution in [0.4, 0.5) is 10.5 Å². The van der Waals surface area contributed by atoms with Gasteiger partial charge in [-0.25, -0.2) is 9.78 Å². The van der Waals surface area contributed by atoms with E-state index in [0.717, 1.165) is 16.8 Å². The lowest BCUT2D eigenvalue weighted by atomic mass is 10.1. The Bertz CT molecular complexity index is 641. The summed E-state index contributed by atoms with van der Waals surface area (Å²) in [6.07, 6.45) is 1.65. The quantitative estimate of drug-likeness (QED) is 0.907. The Morgan fingerprint density at radius 2 is 2.05 bits per heavy atom. The third-order valence-electron chi connectivity index (χ3n) is 3.09. The number of hydrogen-bond acceptors (Lipinski definition) is 3. The largest absolute Gasteiger partial charge is 0.481 e. The minimum Gasteiger partial charge on any atom is -0.481 e. The summed E-state index contributed by atoms with van der Waals surface area (Å²) in [6.45, 7) is 4.40. The van der Waals surface area contributed by atoms with Crippen molar-refractivity contribution in [3.63, 3.8) is 0 Å². The smallest absolute Gasteiger partial charge is 0.319 e. The molecule has 0 bridgehead atoms. The SMILES string of the molecule is COc1cc(CNC(=O)Nc2ccc(C)cc2C)ccn1. The third kappa shape index (κ3) is 4.21. The summed E-state index contributed by atoms with van der Waals surface area (Å²) in [5.41, 5.74) is 3.95. The topological polar surface area (TPSA) is 63.2 Å². The van der Waals surface area contributed by atoms with Crippen molar-refractivity contribution in [2.24, 2.45) is 0 Å². The van der Waals surface area contributed by atoms with E-state index in [4.69, 9.17) is 4.74 Å². The normalized spacial score (nSPS) is 10.0. The van der Waals surface area contributed by atoms with Crippen LogP contribution in [0.5, 0.6) is 5.88 Å². The zero-order valence-electron chi connectivity index (χ0n) is 12.4. The van der Waals surface area contributed by atoms with E-state index in [9.17, 15) is 4.79 Å². The molecule has 1 aromatic carbocycles. The standard InChI is InChI=1S/C16H19N3O2/c1-11-4-5-14(12(2)8-11)19-16(20)18-10-13-6-7-17-15(9-13)21-3/h4-9H,10H2,1-3H3,(H2,18,19,20). The Balaban J connectivity index is 1.92. The second kappa shape index (κ2) is 6.74. The number of aromatic nitrogens is 1. The highest BCUT2D eigenvalue weighted by Gasteiger charge is 2.05. The van der Waals surface area contributed by atoms with Crippen molar-refractivity contribution in [2.45, 2.75) is 20.4 Å². The molecule has 0 fully saturated rings. The molecular formula is C16H19N3O2. The number of nitrogens with one attached hydrogen (secondary N) is 2. The fraction of sp³-hybridized carbons (Fsp3) is 0.250. The van der Waals surface area contributed by atoms with Crippen molar-refractivity contribution >= 4 is 11.7 Å². The number of nitrogens with zero attached hydrogens (tertiary/aromatic N) is 1. The fourth-order valence-electron chi connectivity index (χ4n) is 1.97. The molecule has 5 nitrogen and oxygen atoms in total. The molecule has 0 unspecified atom stereocenters. The van der Waals surface area contributed by atoms with Gasteiger partial charge in [-0.3, -0.25) is 0 Å². The molecule has 0 radical (unpaired) electrons. The number of rotatable bonds is 4. The summed E-state index contributed by atoms with van der Waals surface area (Å²) in [4.78, 5) is 15.9. The van der Waals surface area contributed by atoms with E-state index in [-0.39, 0.29) is 6.03 Å². The van der Waals surface area contributed by atoms with E-state index >= 15 is 0 Å². The Hall–Kier alpha value is -2.56. The average molecular weight is 285 g/mol. The van der Waals surface area contributed by atoms with Gasteiger partial charge >= 0.3 is 6.03 Å². The van der Waals surface area contributed by atoms with E-state index in [1.165, 1.54) is 5.56 Å². The molecule has 1 aromatic heterocycles. The predicted molar refractivity (Wildman–Crippen MR) is 82.6 cm³/mol. The second-order valence-electron chi connectivity index (χ2n) is 4.83. The Kier molecular flexibility index (Phi) is 4.77. The number of ether oxygens (including phenoxy) is 1. The number of hydrogen-bond donors (Lipinski definition) is 2. The first-order valence-corrected chi connectivity index (χ1v) is 6.69. The molecule has 1 heterocycles. The Morgan fingerprint density at radius 1 is 1.24 bits per heavy atom. The van der Waals surface area contributed by atoms with Gasteiger partial charge in [-0.2, -0.15) is 0 Å². The van der Waals surface area contributed by atoms with Crippen molar-refractivity contribution in [1.82, 2.24) is 10.3 Å². The lowest BCUT2D eigenvalue weighted by Gasteiger charge is -2.10. The summed E-state index contributed by atoms with van der Waals surface area (Å²) in [6, 6.07) is 9.29. The number of carbonyl (C=O) groups is 1. The molecule has 0 saturated heterocycles. The molecular weight excluding hydrogens is 266 g/mol. The van der Waals surface area contributed by atoms with Crippen LogP contribution in [0.25, 0.3) is 0 Å². The van der Waals surface area contributed by atoms with Crippen LogP contribution in [0.2, 0.25) is 0 Å². The van der Waals surface area contributed by atoms with Crippen LogP contribution < -0.4 is 15.4 Å². The number of pyridine rings is 1. The van der Waals surface area contributed by atoms with Gasteiger partial charge in [-0.05, 0) is 37.1 Å². The maximum absolute atomic E-state index is 11.9. The first-order valence-electron chi connectivity index (χ1n) is 6.69. The molecule has 2 N–H and O–H groups in total. The summed E-state index contributed by atoms with van der Waals surface area (Å²) >= 11 is 0. The number of carbonyl (C=O) groups excluding carboxylic acids is 1. The van der Waals surface area contributed by atoms with E-state index in [2.05, 4.69) is 15.6 Å². The molecule has 5 heteroatoms. The maximum Gasteiger partial charge on any atom is 0.319 e. The van der Waals surface area contributed by atoms with Crippen molar-refractivity contribution < 1.29 is 9.53 Å². The number of aryl methyl sites for hydroxylation is 2. The van der Waals surface area contributed by atoms with Gasteiger partial charge in [-0.1, -0.05) is 17.7 Å². The number of methoxy groups -OCH3 is 1.